The highest BCUT2D eigenvalue weighted by molar-refractivity contribution is 6.08. The van der Waals surface area contributed by atoms with Crippen molar-refractivity contribution in [2.45, 2.75) is 32.2 Å². The van der Waals surface area contributed by atoms with Gasteiger partial charge in [-0.15, -0.1) is 0 Å². The average molecular weight is 411 g/mol. The second kappa shape index (κ2) is 7.23. The average Bonchev–Trinajstić information content (AvgIpc) is 2.94. The number of hydrogen-bond donors (Lipinski definition) is 1. The first-order chi connectivity index (χ1) is 14.2. The SMILES string of the molecule is CC(C)CN1C(=O)NC(=O)C12CCN(C(=O)c1nn(C)c(=O)c3ccccc13)CC2. The van der Waals surface area contributed by atoms with E-state index in [2.05, 4.69) is 10.4 Å². The van der Waals surface area contributed by atoms with Gasteiger partial charge in [-0.05, 0) is 24.8 Å². The van der Waals surface area contributed by atoms with Crippen LogP contribution in [0.1, 0.15) is 37.2 Å². The van der Waals surface area contributed by atoms with Crippen molar-refractivity contribution in [3.05, 3.63) is 40.3 Å². The zero-order valence-corrected chi connectivity index (χ0v) is 17.3. The molecule has 2 fully saturated rings. The first kappa shape index (κ1) is 20.1. The van der Waals surface area contributed by atoms with Gasteiger partial charge in [0.1, 0.15) is 5.54 Å². The minimum atomic E-state index is -0.906. The first-order valence-electron chi connectivity index (χ1n) is 10.1. The Morgan fingerprint density at radius 3 is 2.40 bits per heavy atom. The fourth-order valence-electron chi connectivity index (χ4n) is 4.40. The number of urea groups is 1. The van der Waals surface area contributed by atoms with Gasteiger partial charge in [0, 0.05) is 32.1 Å². The Kier molecular flexibility index (Phi) is 4.83. The van der Waals surface area contributed by atoms with E-state index in [1.54, 1.807) is 34.1 Å². The number of nitrogens with zero attached hydrogens (tertiary/aromatic N) is 4. The number of carbonyl (C=O) groups is 3. The van der Waals surface area contributed by atoms with Crippen LogP contribution in [0.5, 0.6) is 0 Å². The molecule has 2 aliphatic rings. The number of carbonyl (C=O) groups excluding carboxylic acids is 3. The highest BCUT2D eigenvalue weighted by atomic mass is 16.2. The molecule has 1 N–H and O–H groups in total. The highest BCUT2D eigenvalue weighted by Gasteiger charge is 2.54. The van der Waals surface area contributed by atoms with Crippen molar-refractivity contribution in [2.75, 3.05) is 19.6 Å². The van der Waals surface area contributed by atoms with Crippen molar-refractivity contribution >= 4 is 28.6 Å². The van der Waals surface area contributed by atoms with E-state index in [-0.39, 0.29) is 35.0 Å². The Bertz CT molecular complexity index is 1100. The molecule has 0 aliphatic carbocycles. The summed E-state index contributed by atoms with van der Waals surface area (Å²) in [5.41, 5.74) is -0.947. The lowest BCUT2D eigenvalue weighted by molar-refractivity contribution is -0.129. The number of imide groups is 1. The Balaban J connectivity index is 1.61. The second-order valence-corrected chi connectivity index (χ2v) is 8.41. The molecule has 0 unspecified atom stereocenters. The number of aromatic nitrogens is 2. The van der Waals surface area contributed by atoms with Crippen LogP contribution >= 0.6 is 0 Å². The number of piperidine rings is 1. The lowest BCUT2D eigenvalue weighted by atomic mass is 9.85. The monoisotopic (exact) mass is 411 g/mol. The molecule has 2 aromatic rings. The smallest absolute Gasteiger partial charge is 0.325 e. The van der Waals surface area contributed by atoms with Crippen LogP contribution in [0, 0.1) is 5.92 Å². The van der Waals surface area contributed by atoms with Gasteiger partial charge in [0.2, 0.25) is 0 Å². The molecule has 0 bridgehead atoms. The van der Waals surface area contributed by atoms with E-state index in [4.69, 9.17) is 0 Å². The van der Waals surface area contributed by atoms with Gasteiger partial charge in [0.25, 0.3) is 17.4 Å². The molecular formula is C21H25N5O4. The molecule has 1 aromatic heterocycles. The minimum absolute atomic E-state index is 0.217. The quantitative estimate of drug-likeness (QED) is 0.762. The normalized spacial score (nSPS) is 18.5. The Morgan fingerprint density at radius 2 is 1.77 bits per heavy atom. The molecule has 9 heteroatoms. The van der Waals surface area contributed by atoms with Gasteiger partial charge in [0.15, 0.2) is 5.69 Å². The van der Waals surface area contributed by atoms with Crippen LogP contribution in [0.25, 0.3) is 10.8 Å². The highest BCUT2D eigenvalue weighted by Crippen LogP contribution is 2.34. The Labute approximate surface area is 173 Å². The summed E-state index contributed by atoms with van der Waals surface area (Å²) in [6.07, 6.45) is 0.736. The largest absolute Gasteiger partial charge is 0.337 e. The fraction of sp³-hybridized carbons (Fsp3) is 0.476. The molecule has 158 valence electrons. The second-order valence-electron chi connectivity index (χ2n) is 8.41. The van der Waals surface area contributed by atoms with Crippen LogP contribution in [0.4, 0.5) is 4.79 Å². The molecule has 0 atom stereocenters. The van der Waals surface area contributed by atoms with E-state index in [0.717, 1.165) is 0 Å². The van der Waals surface area contributed by atoms with Crippen LogP contribution in [-0.4, -0.2) is 62.6 Å². The molecule has 0 saturated carbocycles. The van der Waals surface area contributed by atoms with Gasteiger partial charge in [-0.25, -0.2) is 9.48 Å². The zero-order valence-electron chi connectivity index (χ0n) is 17.3. The number of fused-ring (bicyclic) bond motifs is 1. The molecule has 4 rings (SSSR count). The van der Waals surface area contributed by atoms with Crippen molar-refractivity contribution in [3.8, 4) is 0 Å². The Morgan fingerprint density at radius 1 is 1.13 bits per heavy atom. The summed E-state index contributed by atoms with van der Waals surface area (Å²) < 4.78 is 1.18. The molecule has 9 nitrogen and oxygen atoms in total. The molecule has 2 saturated heterocycles. The summed E-state index contributed by atoms with van der Waals surface area (Å²) in [5.74, 6) is -0.345. The molecule has 3 heterocycles. The standard InChI is InChI=1S/C21H25N5O4/c1-13(2)12-26-20(30)22-19(29)21(26)8-10-25(11-9-21)18(28)16-14-6-4-5-7-15(14)17(27)24(3)23-16/h4-7,13H,8-12H2,1-3H3,(H,22,29,30). The van der Waals surface area contributed by atoms with E-state index >= 15 is 0 Å². The van der Waals surface area contributed by atoms with Crippen LogP contribution in [-0.2, 0) is 11.8 Å². The minimum Gasteiger partial charge on any atom is -0.337 e. The van der Waals surface area contributed by atoms with E-state index in [1.165, 1.54) is 11.7 Å². The summed E-state index contributed by atoms with van der Waals surface area (Å²) >= 11 is 0. The first-order valence-corrected chi connectivity index (χ1v) is 10.1. The molecule has 30 heavy (non-hydrogen) atoms. The summed E-state index contributed by atoms with van der Waals surface area (Å²) in [5, 5.41) is 7.61. The predicted molar refractivity (Wildman–Crippen MR) is 110 cm³/mol. The van der Waals surface area contributed by atoms with Gasteiger partial charge < -0.3 is 9.80 Å². The number of rotatable bonds is 3. The van der Waals surface area contributed by atoms with Gasteiger partial charge in [0.05, 0.1) is 5.39 Å². The number of likely N-dealkylation sites (tertiary alicyclic amines) is 1. The number of aryl methyl sites for hydroxylation is 1. The van der Waals surface area contributed by atoms with Crippen molar-refractivity contribution in [3.63, 3.8) is 0 Å². The maximum Gasteiger partial charge on any atom is 0.325 e. The lowest BCUT2D eigenvalue weighted by Crippen LogP contribution is -2.58. The maximum absolute atomic E-state index is 13.3. The van der Waals surface area contributed by atoms with E-state index in [9.17, 15) is 19.2 Å². The van der Waals surface area contributed by atoms with Crippen LogP contribution < -0.4 is 10.9 Å². The molecule has 1 aromatic carbocycles. The topological polar surface area (TPSA) is 105 Å². The molecular weight excluding hydrogens is 386 g/mol. The van der Waals surface area contributed by atoms with Crippen molar-refractivity contribution < 1.29 is 14.4 Å². The Hall–Kier alpha value is -3.23. The van der Waals surface area contributed by atoms with Crippen LogP contribution in [0.3, 0.4) is 0 Å². The zero-order chi connectivity index (χ0) is 21.6. The van der Waals surface area contributed by atoms with Gasteiger partial charge >= 0.3 is 6.03 Å². The van der Waals surface area contributed by atoms with Crippen LogP contribution in [0.15, 0.2) is 29.1 Å². The summed E-state index contributed by atoms with van der Waals surface area (Å²) in [6.45, 7) is 5.14. The third-order valence-corrected chi connectivity index (χ3v) is 5.99. The molecule has 0 radical (unpaired) electrons. The summed E-state index contributed by atoms with van der Waals surface area (Å²) in [6, 6.07) is 6.56. The maximum atomic E-state index is 13.3. The van der Waals surface area contributed by atoms with Gasteiger partial charge in [-0.1, -0.05) is 32.0 Å². The van der Waals surface area contributed by atoms with E-state index in [1.807, 2.05) is 13.8 Å². The number of hydrogen-bond acceptors (Lipinski definition) is 5. The summed E-state index contributed by atoms with van der Waals surface area (Å²) in [4.78, 5) is 53.8. The molecule has 2 aliphatic heterocycles. The van der Waals surface area contributed by atoms with Gasteiger partial charge in [-0.2, -0.15) is 5.10 Å². The third kappa shape index (κ3) is 3.05. The van der Waals surface area contributed by atoms with E-state index in [0.29, 0.717) is 43.2 Å². The van der Waals surface area contributed by atoms with Crippen LogP contribution in [0.2, 0.25) is 0 Å². The predicted octanol–water partition coefficient (Wildman–Crippen LogP) is 1.12. The van der Waals surface area contributed by atoms with Crippen molar-refractivity contribution in [1.29, 1.82) is 0 Å². The molecule has 1 spiro atoms. The van der Waals surface area contributed by atoms with Crippen molar-refractivity contribution in [2.24, 2.45) is 13.0 Å². The van der Waals surface area contributed by atoms with Gasteiger partial charge in [-0.3, -0.25) is 19.7 Å². The molecule has 4 amide bonds. The number of nitrogens with one attached hydrogen (secondary N) is 1. The van der Waals surface area contributed by atoms with Crippen molar-refractivity contribution in [1.82, 2.24) is 24.9 Å². The lowest BCUT2D eigenvalue weighted by Gasteiger charge is -2.42. The van der Waals surface area contributed by atoms with E-state index < -0.39 is 5.54 Å². The fourth-order valence-corrected chi connectivity index (χ4v) is 4.40. The summed E-state index contributed by atoms with van der Waals surface area (Å²) in [7, 11) is 1.52. The number of amides is 4. The number of benzene rings is 1. The third-order valence-electron chi connectivity index (χ3n) is 5.99.